The zero-order valence-corrected chi connectivity index (χ0v) is 20.1. The number of imide groups is 1. The Morgan fingerprint density at radius 1 is 0.938 bits per heavy atom. The molecule has 0 saturated carbocycles. The van der Waals surface area contributed by atoms with Crippen LogP contribution < -0.4 is 15.0 Å². The molecular weight excluding hydrogens is 512 g/mol. The van der Waals surface area contributed by atoms with Crippen LogP contribution >= 0.6 is 39.3 Å². The van der Waals surface area contributed by atoms with Crippen molar-refractivity contribution in [2.24, 2.45) is 0 Å². The number of rotatable bonds is 7. The summed E-state index contributed by atoms with van der Waals surface area (Å²) in [5.74, 6) is -0.135. The summed E-state index contributed by atoms with van der Waals surface area (Å²) in [4.78, 5) is 29.0. The Balaban J connectivity index is 1.69. The lowest BCUT2D eigenvalue weighted by Crippen LogP contribution is -2.32. The van der Waals surface area contributed by atoms with Crippen molar-refractivity contribution in [2.45, 2.75) is 11.8 Å². The van der Waals surface area contributed by atoms with Gasteiger partial charge >= 0.3 is 0 Å². The highest BCUT2D eigenvalue weighted by molar-refractivity contribution is 9.10. The van der Waals surface area contributed by atoms with Gasteiger partial charge in [-0.1, -0.05) is 39.3 Å². The Labute approximate surface area is 203 Å². The first-order valence-corrected chi connectivity index (χ1v) is 11.8. The summed E-state index contributed by atoms with van der Waals surface area (Å²) in [7, 11) is 0. The number of nitrogens with zero attached hydrogens (tertiary/aromatic N) is 1. The Morgan fingerprint density at radius 3 is 2.22 bits per heavy atom. The van der Waals surface area contributed by atoms with Gasteiger partial charge in [0, 0.05) is 20.1 Å². The van der Waals surface area contributed by atoms with Crippen LogP contribution in [0.3, 0.4) is 0 Å². The monoisotopic (exact) mass is 528 g/mol. The van der Waals surface area contributed by atoms with Crippen LogP contribution in [0.4, 0.5) is 11.4 Å². The van der Waals surface area contributed by atoms with Crippen molar-refractivity contribution in [3.63, 3.8) is 0 Å². The van der Waals surface area contributed by atoms with E-state index in [0.29, 0.717) is 33.7 Å². The van der Waals surface area contributed by atoms with Crippen molar-refractivity contribution in [1.82, 2.24) is 0 Å². The van der Waals surface area contributed by atoms with Crippen LogP contribution in [0.5, 0.6) is 5.75 Å². The molecule has 0 fully saturated rings. The smallest absolute Gasteiger partial charge is 0.283 e. The quantitative estimate of drug-likeness (QED) is 0.355. The summed E-state index contributed by atoms with van der Waals surface area (Å²) in [6.45, 7) is 2.43. The van der Waals surface area contributed by atoms with Gasteiger partial charge in [-0.15, -0.1) is 0 Å². The van der Waals surface area contributed by atoms with Gasteiger partial charge in [0.2, 0.25) is 0 Å². The normalized spacial score (nSPS) is 13.7. The predicted octanol–water partition coefficient (Wildman–Crippen LogP) is 6.49. The molecule has 1 aliphatic heterocycles. The molecule has 0 radical (unpaired) electrons. The molecule has 0 saturated heterocycles. The molecule has 0 bridgehead atoms. The van der Waals surface area contributed by atoms with E-state index in [9.17, 15) is 9.59 Å². The minimum Gasteiger partial charge on any atom is -0.494 e. The van der Waals surface area contributed by atoms with Crippen molar-refractivity contribution in [3.05, 3.63) is 92.9 Å². The summed E-state index contributed by atoms with van der Waals surface area (Å²) in [5, 5.41) is 3.74. The number of anilines is 2. The molecule has 0 aromatic heterocycles. The van der Waals surface area contributed by atoms with Gasteiger partial charge < -0.3 is 10.1 Å². The van der Waals surface area contributed by atoms with Gasteiger partial charge in [0.25, 0.3) is 11.8 Å². The molecule has 5 nitrogen and oxygen atoms in total. The van der Waals surface area contributed by atoms with Gasteiger partial charge in [0.1, 0.15) is 16.4 Å². The number of hydrogen-bond acceptors (Lipinski definition) is 5. The minimum atomic E-state index is -0.418. The van der Waals surface area contributed by atoms with E-state index in [0.717, 1.165) is 9.37 Å². The first-order valence-electron chi connectivity index (χ1n) is 9.78. The van der Waals surface area contributed by atoms with Gasteiger partial charge in [-0.3, -0.25) is 9.59 Å². The van der Waals surface area contributed by atoms with Gasteiger partial charge in [0.05, 0.1) is 12.3 Å². The third-order valence-corrected chi connectivity index (χ3v) is 6.47. The molecular formula is C24H18BrClN2O3S. The summed E-state index contributed by atoms with van der Waals surface area (Å²) >= 11 is 10.6. The SMILES string of the molecule is CCOc1ccc(N2C(=O)C(Nc3ccc(Br)cc3)=C(Sc3ccc(Cl)cc3)C2=O)cc1. The lowest BCUT2D eigenvalue weighted by molar-refractivity contribution is -0.120. The third kappa shape index (κ3) is 4.85. The highest BCUT2D eigenvalue weighted by Gasteiger charge is 2.40. The van der Waals surface area contributed by atoms with Crippen LogP contribution in [0.1, 0.15) is 6.92 Å². The van der Waals surface area contributed by atoms with E-state index >= 15 is 0 Å². The number of benzene rings is 3. The fourth-order valence-corrected chi connectivity index (χ4v) is 4.42. The Kier molecular flexibility index (Phi) is 6.89. The number of amides is 2. The van der Waals surface area contributed by atoms with Crippen molar-refractivity contribution >= 4 is 62.5 Å². The number of halogens is 2. The van der Waals surface area contributed by atoms with Crippen LogP contribution in [-0.2, 0) is 9.59 Å². The zero-order chi connectivity index (χ0) is 22.7. The Hall–Kier alpha value is -2.74. The molecule has 1 N–H and O–H groups in total. The fraction of sp³-hybridized carbons (Fsp3) is 0.0833. The third-order valence-electron chi connectivity index (χ3n) is 4.59. The topological polar surface area (TPSA) is 58.6 Å². The second kappa shape index (κ2) is 9.81. The van der Waals surface area contributed by atoms with Gasteiger partial charge in [-0.25, -0.2) is 4.90 Å². The highest BCUT2D eigenvalue weighted by atomic mass is 79.9. The van der Waals surface area contributed by atoms with Crippen LogP contribution in [0.25, 0.3) is 0 Å². The van der Waals surface area contributed by atoms with E-state index in [1.54, 1.807) is 36.4 Å². The van der Waals surface area contributed by atoms with E-state index in [1.165, 1.54) is 16.7 Å². The maximum Gasteiger partial charge on any atom is 0.283 e. The maximum absolute atomic E-state index is 13.4. The molecule has 4 rings (SSSR count). The van der Waals surface area contributed by atoms with E-state index in [-0.39, 0.29) is 5.70 Å². The largest absolute Gasteiger partial charge is 0.494 e. The molecule has 0 spiro atoms. The number of thioether (sulfide) groups is 1. The number of nitrogens with one attached hydrogen (secondary N) is 1. The molecule has 32 heavy (non-hydrogen) atoms. The second-order valence-electron chi connectivity index (χ2n) is 6.76. The maximum atomic E-state index is 13.4. The fourth-order valence-electron chi connectivity index (χ4n) is 3.11. The molecule has 8 heteroatoms. The van der Waals surface area contributed by atoms with Crippen molar-refractivity contribution in [1.29, 1.82) is 0 Å². The summed E-state index contributed by atoms with van der Waals surface area (Å²) in [6.07, 6.45) is 0. The summed E-state index contributed by atoms with van der Waals surface area (Å²) < 4.78 is 6.38. The molecule has 3 aromatic carbocycles. The summed E-state index contributed by atoms with van der Waals surface area (Å²) in [6, 6.07) is 21.4. The van der Waals surface area contributed by atoms with Crippen molar-refractivity contribution < 1.29 is 14.3 Å². The van der Waals surface area contributed by atoms with Crippen LogP contribution in [-0.4, -0.2) is 18.4 Å². The molecule has 1 aliphatic rings. The summed E-state index contributed by atoms with van der Waals surface area (Å²) in [5.41, 5.74) is 1.41. The number of ether oxygens (including phenoxy) is 1. The van der Waals surface area contributed by atoms with Crippen molar-refractivity contribution in [2.75, 3.05) is 16.8 Å². The van der Waals surface area contributed by atoms with E-state index in [1.807, 2.05) is 43.3 Å². The van der Waals surface area contributed by atoms with Gasteiger partial charge in [-0.2, -0.15) is 0 Å². The predicted molar refractivity (Wildman–Crippen MR) is 132 cm³/mol. The van der Waals surface area contributed by atoms with Crippen molar-refractivity contribution in [3.8, 4) is 5.75 Å². The first kappa shape index (κ1) is 22.5. The lowest BCUT2D eigenvalue weighted by atomic mass is 10.2. The number of carbonyl (C=O) groups excluding carboxylic acids is 2. The van der Waals surface area contributed by atoms with Gasteiger partial charge in [0.15, 0.2) is 0 Å². The zero-order valence-electron chi connectivity index (χ0n) is 17.0. The average molecular weight is 530 g/mol. The Bertz CT molecular complexity index is 1110. The molecule has 3 aromatic rings. The van der Waals surface area contributed by atoms with E-state index in [4.69, 9.17) is 16.3 Å². The van der Waals surface area contributed by atoms with E-state index < -0.39 is 11.8 Å². The van der Waals surface area contributed by atoms with Crippen LogP contribution in [0.15, 0.2) is 92.8 Å². The molecule has 0 atom stereocenters. The standard InChI is InChI=1S/C24H18BrClN2O3S/c1-2-31-19-11-9-18(10-12-19)28-23(29)21(27-17-7-3-15(25)4-8-17)22(24(28)30)32-20-13-5-16(26)6-14-20/h3-14,27H,2H2,1H3. The van der Waals surface area contributed by atoms with Crippen LogP contribution in [0.2, 0.25) is 5.02 Å². The van der Waals surface area contributed by atoms with Gasteiger partial charge in [-0.05, 0) is 79.7 Å². The van der Waals surface area contributed by atoms with E-state index in [2.05, 4.69) is 21.2 Å². The number of carbonyl (C=O) groups is 2. The highest BCUT2D eigenvalue weighted by Crippen LogP contribution is 2.38. The molecule has 0 aliphatic carbocycles. The van der Waals surface area contributed by atoms with Crippen LogP contribution in [0, 0.1) is 0 Å². The first-order chi connectivity index (χ1) is 15.5. The lowest BCUT2D eigenvalue weighted by Gasteiger charge is -2.16. The molecule has 0 unspecified atom stereocenters. The Morgan fingerprint density at radius 2 is 1.59 bits per heavy atom. The second-order valence-corrected chi connectivity index (χ2v) is 9.20. The minimum absolute atomic E-state index is 0.228. The molecule has 2 amide bonds. The average Bonchev–Trinajstić information content (AvgIpc) is 3.01. The molecule has 1 heterocycles. The number of hydrogen-bond donors (Lipinski definition) is 1. The molecule has 162 valence electrons.